The van der Waals surface area contributed by atoms with Gasteiger partial charge in [0.05, 0.1) is 22.0 Å². The van der Waals surface area contributed by atoms with Gasteiger partial charge in [0.2, 0.25) is 11.6 Å². The number of halogens is 4. The molecule has 0 radical (unpaired) electrons. The lowest BCUT2D eigenvalue weighted by atomic mass is 10.1. The highest BCUT2D eigenvalue weighted by Gasteiger charge is 2.22. The lowest BCUT2D eigenvalue weighted by molar-refractivity contribution is -0.385. The van der Waals surface area contributed by atoms with Crippen molar-refractivity contribution in [2.75, 3.05) is 0 Å². The van der Waals surface area contributed by atoms with Gasteiger partial charge in [-0.1, -0.05) is 68.9 Å². The lowest BCUT2D eigenvalue weighted by Crippen LogP contribution is -2.20. The van der Waals surface area contributed by atoms with Crippen molar-refractivity contribution in [1.82, 2.24) is 9.66 Å². The summed E-state index contributed by atoms with van der Waals surface area (Å²) in [5.74, 6) is 0.291. The molecule has 0 spiro atoms. The van der Waals surface area contributed by atoms with Gasteiger partial charge < -0.3 is 9.15 Å². The van der Waals surface area contributed by atoms with E-state index in [0.29, 0.717) is 37.9 Å². The molecule has 0 aliphatic heterocycles. The van der Waals surface area contributed by atoms with Crippen LogP contribution in [0.15, 0.2) is 97.6 Å². The van der Waals surface area contributed by atoms with Gasteiger partial charge in [0.1, 0.15) is 12.2 Å². The average molecular weight is 699 g/mol. The first kappa shape index (κ1) is 28.9. The number of ether oxygens (including phenoxy) is 1. The molecule has 2 aromatic heterocycles. The number of benzene rings is 4. The van der Waals surface area contributed by atoms with Gasteiger partial charge in [0.15, 0.2) is 5.76 Å². The maximum atomic E-state index is 13.7. The summed E-state index contributed by atoms with van der Waals surface area (Å²) in [6, 6.07) is 21.5. The number of aromatic nitrogens is 2. The lowest BCUT2D eigenvalue weighted by Gasteiger charge is -2.12. The van der Waals surface area contributed by atoms with Crippen molar-refractivity contribution in [2.45, 2.75) is 6.61 Å². The summed E-state index contributed by atoms with van der Waals surface area (Å²) in [6.07, 6.45) is 1.25. The SMILES string of the molecule is O=c1c2ccccc2nc(-c2cc3cc(Br)ccc3o2)n1N=Cc1cc(Cl)cc([N+](=O)[O-])c1OCc1ccc(Cl)cc1Cl. The molecule has 0 aliphatic rings. The molecule has 214 valence electrons. The first-order valence-corrected chi connectivity index (χ1v) is 14.4. The van der Waals surface area contributed by atoms with E-state index in [2.05, 4.69) is 26.0 Å². The van der Waals surface area contributed by atoms with E-state index in [-0.39, 0.29) is 28.8 Å². The normalized spacial score (nSPS) is 11.5. The number of nitro groups is 1. The van der Waals surface area contributed by atoms with E-state index in [1.165, 1.54) is 24.4 Å². The van der Waals surface area contributed by atoms with Gasteiger partial charge in [-0.3, -0.25) is 14.9 Å². The number of nitrogens with zero attached hydrogens (tertiary/aromatic N) is 4. The summed E-state index contributed by atoms with van der Waals surface area (Å²) in [6.45, 7) is -0.114. The van der Waals surface area contributed by atoms with Gasteiger partial charge >= 0.3 is 5.69 Å². The molecule has 4 aromatic carbocycles. The minimum atomic E-state index is -0.621. The second-order valence-corrected chi connectivity index (χ2v) is 11.4. The highest BCUT2D eigenvalue weighted by molar-refractivity contribution is 9.10. The molecule has 43 heavy (non-hydrogen) atoms. The quantitative estimate of drug-likeness (QED) is 0.0935. The Morgan fingerprint density at radius 2 is 1.84 bits per heavy atom. The molecule has 0 fully saturated rings. The van der Waals surface area contributed by atoms with E-state index in [0.717, 1.165) is 14.5 Å². The minimum absolute atomic E-state index is 0.0668. The first-order valence-electron chi connectivity index (χ1n) is 12.5. The van der Waals surface area contributed by atoms with Crippen molar-refractivity contribution in [3.8, 4) is 17.3 Å². The largest absolute Gasteiger partial charge is 0.481 e. The van der Waals surface area contributed by atoms with Crippen LogP contribution in [0.25, 0.3) is 33.5 Å². The van der Waals surface area contributed by atoms with Crippen LogP contribution in [0.1, 0.15) is 11.1 Å². The molecule has 0 saturated heterocycles. The molecule has 0 bridgehead atoms. The summed E-state index contributed by atoms with van der Waals surface area (Å²) >= 11 is 22.0. The van der Waals surface area contributed by atoms with Crippen molar-refractivity contribution >= 4 is 84.5 Å². The van der Waals surface area contributed by atoms with Crippen molar-refractivity contribution in [3.05, 3.63) is 130 Å². The van der Waals surface area contributed by atoms with E-state index in [4.69, 9.17) is 44.0 Å². The van der Waals surface area contributed by atoms with Gasteiger partial charge in [-0.15, -0.1) is 0 Å². The molecule has 6 rings (SSSR count). The monoisotopic (exact) mass is 696 g/mol. The number of rotatable bonds is 7. The standard InChI is InChI=1S/C30H16BrCl3N4O5/c31-19-6-8-26-17(9-19)11-27(43-26)29-36-24-4-2-1-3-22(24)30(39)37(29)35-14-18-10-21(33)13-25(38(40)41)28(18)42-15-16-5-7-20(32)12-23(16)34/h1-14H,15H2. The minimum Gasteiger partial charge on any atom is -0.481 e. The summed E-state index contributed by atoms with van der Waals surface area (Å²) in [5.41, 5.74) is 0.836. The van der Waals surface area contributed by atoms with Crippen LogP contribution in [0.4, 0.5) is 5.69 Å². The highest BCUT2D eigenvalue weighted by Crippen LogP contribution is 2.35. The number of furan rings is 1. The molecule has 0 N–H and O–H groups in total. The number of para-hydroxylation sites is 1. The van der Waals surface area contributed by atoms with E-state index >= 15 is 0 Å². The third kappa shape index (κ3) is 5.87. The fourth-order valence-corrected chi connectivity index (χ4v) is 5.47. The van der Waals surface area contributed by atoms with Crippen molar-refractivity contribution in [1.29, 1.82) is 0 Å². The first-order chi connectivity index (χ1) is 20.7. The van der Waals surface area contributed by atoms with Crippen molar-refractivity contribution in [2.24, 2.45) is 5.10 Å². The van der Waals surface area contributed by atoms with E-state index in [9.17, 15) is 14.9 Å². The molecule has 2 heterocycles. The molecule has 0 atom stereocenters. The Bertz CT molecular complexity index is 2160. The Balaban J connectivity index is 1.49. The van der Waals surface area contributed by atoms with Gasteiger partial charge in [0.25, 0.3) is 5.56 Å². The smallest absolute Gasteiger partial charge is 0.313 e. The van der Waals surface area contributed by atoms with Crippen LogP contribution in [-0.2, 0) is 6.61 Å². The molecule has 6 aromatic rings. The van der Waals surface area contributed by atoms with Crippen LogP contribution in [0.2, 0.25) is 15.1 Å². The topological polar surface area (TPSA) is 113 Å². The highest BCUT2D eigenvalue weighted by atomic mass is 79.9. The Morgan fingerprint density at radius 3 is 2.63 bits per heavy atom. The van der Waals surface area contributed by atoms with Gasteiger partial charge in [-0.2, -0.15) is 9.78 Å². The van der Waals surface area contributed by atoms with E-state index in [1.807, 2.05) is 12.1 Å². The molecule has 0 saturated carbocycles. The molecule has 0 amide bonds. The zero-order chi connectivity index (χ0) is 30.2. The maximum Gasteiger partial charge on any atom is 0.313 e. The van der Waals surface area contributed by atoms with E-state index < -0.39 is 16.2 Å². The predicted molar refractivity (Wildman–Crippen MR) is 171 cm³/mol. The van der Waals surface area contributed by atoms with Crippen LogP contribution >= 0.6 is 50.7 Å². The van der Waals surface area contributed by atoms with Gasteiger partial charge in [-0.05, 0) is 54.6 Å². The van der Waals surface area contributed by atoms with Crippen LogP contribution in [0, 0.1) is 10.1 Å². The van der Waals surface area contributed by atoms with Gasteiger partial charge in [0, 0.05) is 42.1 Å². The summed E-state index contributed by atoms with van der Waals surface area (Å²) < 4.78 is 13.9. The average Bonchev–Trinajstić information content (AvgIpc) is 3.39. The Labute approximate surface area is 266 Å². The Hall–Kier alpha value is -4.22. The molecule has 9 nitrogen and oxygen atoms in total. The maximum absolute atomic E-state index is 13.7. The van der Waals surface area contributed by atoms with Gasteiger partial charge in [-0.25, -0.2) is 4.98 Å². The van der Waals surface area contributed by atoms with Crippen LogP contribution < -0.4 is 10.3 Å². The van der Waals surface area contributed by atoms with Crippen LogP contribution in [0.5, 0.6) is 5.75 Å². The third-order valence-electron chi connectivity index (χ3n) is 6.41. The van der Waals surface area contributed by atoms with Crippen molar-refractivity contribution in [3.63, 3.8) is 0 Å². The summed E-state index contributed by atoms with van der Waals surface area (Å²) in [4.78, 5) is 29.7. The predicted octanol–water partition coefficient (Wildman–Crippen LogP) is 8.90. The molecule has 13 heteroatoms. The number of hydrogen-bond donors (Lipinski definition) is 0. The number of nitro benzene ring substituents is 1. The molecule has 0 unspecified atom stereocenters. The fraction of sp³-hybridized carbons (Fsp3) is 0.0333. The molecule has 0 aliphatic carbocycles. The molecular formula is C30H16BrCl3N4O5. The Kier molecular flexibility index (Phi) is 7.93. The zero-order valence-corrected chi connectivity index (χ0v) is 25.5. The third-order valence-corrected chi connectivity index (χ3v) is 7.71. The summed E-state index contributed by atoms with van der Waals surface area (Å²) in [5, 5.41) is 18.3. The van der Waals surface area contributed by atoms with Crippen molar-refractivity contribution < 1.29 is 14.1 Å². The van der Waals surface area contributed by atoms with E-state index in [1.54, 1.807) is 48.5 Å². The number of fused-ring (bicyclic) bond motifs is 2. The molecular weight excluding hydrogens is 683 g/mol. The van der Waals surface area contributed by atoms with Crippen LogP contribution in [-0.4, -0.2) is 20.8 Å². The van der Waals surface area contributed by atoms with Crippen LogP contribution in [0.3, 0.4) is 0 Å². The Morgan fingerprint density at radius 1 is 1.02 bits per heavy atom. The second kappa shape index (κ2) is 11.8. The number of hydrogen-bond acceptors (Lipinski definition) is 7. The fourth-order valence-electron chi connectivity index (χ4n) is 4.41. The zero-order valence-electron chi connectivity index (χ0n) is 21.6. The second-order valence-electron chi connectivity index (χ2n) is 9.23. The summed E-state index contributed by atoms with van der Waals surface area (Å²) in [7, 11) is 0.